The molecule has 4 heteroatoms. The van der Waals surface area contributed by atoms with Crippen LogP contribution in [0.4, 0.5) is 0 Å². The average Bonchev–Trinajstić information content (AvgIpc) is 2.51. The van der Waals surface area contributed by atoms with Gasteiger partial charge in [-0.15, -0.1) is 0 Å². The molecule has 0 bridgehead atoms. The molecular formula is C18H19NO3. The Hall–Kier alpha value is -2.62. The molecule has 4 nitrogen and oxygen atoms in total. The third-order valence-corrected chi connectivity index (χ3v) is 3.17. The van der Waals surface area contributed by atoms with Crippen LogP contribution < -0.4 is 0 Å². The van der Waals surface area contributed by atoms with Crippen molar-refractivity contribution in [2.75, 3.05) is 6.61 Å². The molecular weight excluding hydrogens is 278 g/mol. The summed E-state index contributed by atoms with van der Waals surface area (Å²) in [5.41, 5.74) is 2.76. The zero-order valence-corrected chi connectivity index (χ0v) is 12.7. The Kier molecular flexibility index (Phi) is 5.31. The highest BCUT2D eigenvalue weighted by Gasteiger charge is 2.20. The number of carbonyl (C=O) groups is 1. The van der Waals surface area contributed by atoms with E-state index in [1.54, 1.807) is 25.3 Å². The monoisotopic (exact) mass is 297 g/mol. The summed E-state index contributed by atoms with van der Waals surface area (Å²) in [7, 11) is 0. The summed E-state index contributed by atoms with van der Waals surface area (Å²) in [4.78, 5) is 16.5. The van der Waals surface area contributed by atoms with Gasteiger partial charge in [0, 0.05) is 6.21 Å². The predicted octanol–water partition coefficient (Wildman–Crippen LogP) is 3.42. The smallest absolute Gasteiger partial charge is 0.335 e. The van der Waals surface area contributed by atoms with Crippen LogP contribution in [0.2, 0.25) is 0 Å². The van der Waals surface area contributed by atoms with E-state index in [2.05, 4.69) is 4.99 Å². The van der Waals surface area contributed by atoms with Crippen LogP contribution in [0.1, 0.15) is 29.7 Å². The molecule has 1 N–H and O–H groups in total. The highest BCUT2D eigenvalue weighted by atomic mass is 16.5. The number of phenolic OH excluding ortho intramolecular Hbond substituents is 1. The van der Waals surface area contributed by atoms with Gasteiger partial charge < -0.3 is 9.84 Å². The summed E-state index contributed by atoms with van der Waals surface area (Å²) in [6.45, 7) is 4.07. The fourth-order valence-electron chi connectivity index (χ4n) is 1.97. The van der Waals surface area contributed by atoms with Crippen molar-refractivity contribution in [3.8, 4) is 5.75 Å². The summed E-state index contributed by atoms with van der Waals surface area (Å²) >= 11 is 0. The number of carbonyl (C=O) groups excluding carboxylic acids is 1. The lowest BCUT2D eigenvalue weighted by atomic mass is 10.1. The van der Waals surface area contributed by atoms with Gasteiger partial charge in [-0.2, -0.15) is 0 Å². The molecule has 0 saturated carbocycles. The lowest BCUT2D eigenvalue weighted by Gasteiger charge is -2.12. The SMILES string of the molecule is CCOC(=O)[C@H](N=Cc1ccc(C)cc1)c1ccc(O)cc1. The summed E-state index contributed by atoms with van der Waals surface area (Å²) in [5, 5.41) is 9.36. The summed E-state index contributed by atoms with van der Waals surface area (Å²) in [6, 6.07) is 13.5. The number of aryl methyl sites for hydroxylation is 1. The number of aromatic hydroxyl groups is 1. The predicted molar refractivity (Wildman–Crippen MR) is 86.3 cm³/mol. The number of hydrogen-bond donors (Lipinski definition) is 1. The molecule has 0 heterocycles. The molecule has 2 aromatic carbocycles. The zero-order chi connectivity index (χ0) is 15.9. The van der Waals surface area contributed by atoms with Crippen molar-refractivity contribution < 1.29 is 14.6 Å². The van der Waals surface area contributed by atoms with Crippen LogP contribution in [0.3, 0.4) is 0 Å². The van der Waals surface area contributed by atoms with Gasteiger partial charge in [-0.25, -0.2) is 4.79 Å². The first-order valence-electron chi connectivity index (χ1n) is 7.15. The second kappa shape index (κ2) is 7.41. The largest absolute Gasteiger partial charge is 0.508 e. The third-order valence-electron chi connectivity index (χ3n) is 3.17. The molecule has 1 atom stereocenters. The summed E-state index contributed by atoms with van der Waals surface area (Å²) in [5.74, 6) is -0.259. The third kappa shape index (κ3) is 4.19. The van der Waals surface area contributed by atoms with Crippen molar-refractivity contribution in [2.45, 2.75) is 19.9 Å². The Morgan fingerprint density at radius 2 is 1.82 bits per heavy atom. The van der Waals surface area contributed by atoms with Crippen LogP contribution in [0.25, 0.3) is 0 Å². The highest BCUT2D eigenvalue weighted by molar-refractivity contribution is 5.85. The molecule has 0 aromatic heterocycles. The number of phenols is 1. The summed E-state index contributed by atoms with van der Waals surface area (Å²) in [6.07, 6.45) is 1.66. The van der Waals surface area contributed by atoms with E-state index in [-0.39, 0.29) is 5.75 Å². The second-order valence-electron chi connectivity index (χ2n) is 4.93. The topological polar surface area (TPSA) is 58.9 Å². The molecule has 0 fully saturated rings. The van der Waals surface area contributed by atoms with E-state index in [4.69, 9.17) is 4.74 Å². The van der Waals surface area contributed by atoms with Crippen molar-refractivity contribution in [1.82, 2.24) is 0 Å². The molecule has 0 aliphatic rings. The van der Waals surface area contributed by atoms with Crippen molar-refractivity contribution in [2.24, 2.45) is 4.99 Å². The minimum absolute atomic E-state index is 0.147. The van der Waals surface area contributed by atoms with E-state index >= 15 is 0 Å². The lowest BCUT2D eigenvalue weighted by Crippen LogP contribution is -2.14. The maximum absolute atomic E-state index is 12.1. The van der Waals surface area contributed by atoms with Gasteiger partial charge in [0.05, 0.1) is 6.61 Å². The normalized spacial score (nSPS) is 12.3. The van der Waals surface area contributed by atoms with E-state index < -0.39 is 12.0 Å². The van der Waals surface area contributed by atoms with E-state index in [0.717, 1.165) is 11.1 Å². The Morgan fingerprint density at radius 3 is 2.41 bits per heavy atom. The first-order valence-corrected chi connectivity index (χ1v) is 7.15. The van der Waals surface area contributed by atoms with E-state index in [0.29, 0.717) is 12.2 Å². The number of nitrogens with zero attached hydrogens (tertiary/aromatic N) is 1. The fourth-order valence-corrected chi connectivity index (χ4v) is 1.97. The molecule has 0 saturated heterocycles. The lowest BCUT2D eigenvalue weighted by molar-refractivity contribution is -0.144. The van der Waals surface area contributed by atoms with Crippen LogP contribution in [0.5, 0.6) is 5.75 Å². The van der Waals surface area contributed by atoms with Gasteiger partial charge in [0.15, 0.2) is 6.04 Å². The minimum Gasteiger partial charge on any atom is -0.508 e. The van der Waals surface area contributed by atoms with Gasteiger partial charge in [0.2, 0.25) is 0 Å². The van der Waals surface area contributed by atoms with Gasteiger partial charge in [0.1, 0.15) is 5.75 Å². The number of hydrogen-bond acceptors (Lipinski definition) is 4. The van der Waals surface area contributed by atoms with Crippen LogP contribution in [0.15, 0.2) is 53.5 Å². The van der Waals surface area contributed by atoms with E-state index in [1.807, 2.05) is 31.2 Å². The second-order valence-corrected chi connectivity index (χ2v) is 4.93. The average molecular weight is 297 g/mol. The Labute approximate surface area is 130 Å². The minimum atomic E-state index is -0.734. The standard InChI is InChI=1S/C18H19NO3/c1-3-22-18(21)17(15-8-10-16(20)11-9-15)19-12-14-6-4-13(2)5-7-14/h4-12,17,20H,3H2,1-2H3/t17-/m1/s1. The van der Waals surface area contributed by atoms with Gasteiger partial charge in [0.25, 0.3) is 0 Å². The highest BCUT2D eigenvalue weighted by Crippen LogP contribution is 2.21. The Bertz CT molecular complexity index is 645. The van der Waals surface area contributed by atoms with Gasteiger partial charge >= 0.3 is 5.97 Å². The molecule has 0 radical (unpaired) electrons. The molecule has 0 amide bonds. The van der Waals surface area contributed by atoms with Crippen molar-refractivity contribution in [1.29, 1.82) is 0 Å². The molecule has 0 aliphatic heterocycles. The Morgan fingerprint density at radius 1 is 1.18 bits per heavy atom. The number of rotatable bonds is 5. The molecule has 114 valence electrons. The number of esters is 1. The van der Waals surface area contributed by atoms with Gasteiger partial charge in [-0.05, 0) is 37.1 Å². The first kappa shape index (κ1) is 15.8. The maximum Gasteiger partial charge on any atom is 0.335 e. The Balaban J connectivity index is 2.26. The zero-order valence-electron chi connectivity index (χ0n) is 12.7. The molecule has 0 unspecified atom stereocenters. The van der Waals surface area contributed by atoms with Crippen molar-refractivity contribution in [3.05, 3.63) is 65.2 Å². The van der Waals surface area contributed by atoms with Gasteiger partial charge in [-0.1, -0.05) is 42.0 Å². The maximum atomic E-state index is 12.1. The molecule has 0 aliphatic carbocycles. The van der Waals surface area contributed by atoms with Gasteiger partial charge in [-0.3, -0.25) is 4.99 Å². The first-order chi connectivity index (χ1) is 10.6. The van der Waals surface area contributed by atoms with Crippen molar-refractivity contribution in [3.63, 3.8) is 0 Å². The van der Waals surface area contributed by atoms with E-state index in [9.17, 15) is 9.90 Å². The number of benzene rings is 2. The summed E-state index contributed by atoms with van der Waals surface area (Å²) < 4.78 is 5.08. The molecule has 22 heavy (non-hydrogen) atoms. The van der Waals surface area contributed by atoms with Crippen molar-refractivity contribution >= 4 is 12.2 Å². The number of ether oxygens (including phenoxy) is 1. The number of aliphatic imine (C=N–C) groups is 1. The molecule has 2 aromatic rings. The fraction of sp³-hybridized carbons (Fsp3) is 0.222. The van der Waals surface area contributed by atoms with Crippen LogP contribution in [0, 0.1) is 6.92 Å². The molecule has 2 rings (SSSR count). The molecule has 0 spiro atoms. The van der Waals surface area contributed by atoms with Crippen LogP contribution in [-0.4, -0.2) is 23.9 Å². The quantitative estimate of drug-likeness (QED) is 0.679. The van der Waals surface area contributed by atoms with E-state index in [1.165, 1.54) is 12.1 Å². The van der Waals surface area contributed by atoms with Crippen LogP contribution >= 0.6 is 0 Å². The van der Waals surface area contributed by atoms with Crippen LogP contribution in [-0.2, 0) is 9.53 Å².